The predicted molar refractivity (Wildman–Crippen MR) is 109 cm³/mol. The summed E-state index contributed by atoms with van der Waals surface area (Å²) >= 11 is 10.4. The van der Waals surface area contributed by atoms with E-state index in [9.17, 15) is 9.59 Å². The number of hydrogen-bond acceptors (Lipinski definition) is 5. The number of methoxy groups -OCH3 is 1. The van der Waals surface area contributed by atoms with Gasteiger partial charge in [-0.05, 0) is 30.7 Å². The van der Waals surface area contributed by atoms with E-state index in [1.807, 2.05) is 6.92 Å². The molecule has 0 bridgehead atoms. The molecular formula is C18H20ClN3O4S. The average Bonchev–Trinajstić information content (AvgIpc) is 2.63. The van der Waals surface area contributed by atoms with Crippen molar-refractivity contribution in [2.75, 3.05) is 23.3 Å². The molecule has 2 aromatic carbocycles. The van der Waals surface area contributed by atoms with Crippen LogP contribution in [0.15, 0.2) is 36.4 Å². The first-order valence-electron chi connectivity index (χ1n) is 8.03. The number of carbonyl (C=O) groups is 2. The van der Waals surface area contributed by atoms with Crippen molar-refractivity contribution in [3.8, 4) is 11.5 Å². The van der Waals surface area contributed by atoms with Crippen molar-refractivity contribution in [2.45, 2.75) is 13.3 Å². The Kier molecular flexibility index (Phi) is 7.20. The van der Waals surface area contributed by atoms with Gasteiger partial charge < -0.3 is 20.5 Å². The number of anilines is 2. The SMILES string of the molecule is CCOc1cc(OC)c(Cl)cc1NC(=O)N(S)c1ccc(CC(N)=O)cc1. The number of rotatable bonds is 7. The van der Waals surface area contributed by atoms with Gasteiger partial charge in [-0.1, -0.05) is 36.5 Å². The number of urea groups is 1. The van der Waals surface area contributed by atoms with Crippen LogP contribution in [0.1, 0.15) is 12.5 Å². The molecule has 9 heteroatoms. The van der Waals surface area contributed by atoms with Gasteiger partial charge in [0.05, 0.1) is 36.5 Å². The number of nitrogens with two attached hydrogens (primary N) is 1. The molecule has 3 N–H and O–H groups in total. The zero-order valence-corrected chi connectivity index (χ0v) is 16.5. The van der Waals surface area contributed by atoms with E-state index in [2.05, 4.69) is 18.1 Å². The number of thiol groups is 1. The van der Waals surface area contributed by atoms with Gasteiger partial charge in [0.15, 0.2) is 0 Å². The lowest BCUT2D eigenvalue weighted by Crippen LogP contribution is -2.27. The Labute approximate surface area is 167 Å². The van der Waals surface area contributed by atoms with E-state index in [1.54, 1.807) is 36.4 Å². The van der Waals surface area contributed by atoms with Gasteiger partial charge in [-0.2, -0.15) is 0 Å². The molecule has 3 amide bonds. The Morgan fingerprint density at radius 3 is 2.44 bits per heavy atom. The molecule has 0 atom stereocenters. The van der Waals surface area contributed by atoms with Crippen LogP contribution in [0, 0.1) is 0 Å². The van der Waals surface area contributed by atoms with Crippen LogP contribution < -0.4 is 24.8 Å². The number of primary amides is 1. The summed E-state index contributed by atoms with van der Waals surface area (Å²) in [6.07, 6.45) is 0.126. The van der Waals surface area contributed by atoms with Crippen LogP contribution >= 0.6 is 24.4 Å². The van der Waals surface area contributed by atoms with Gasteiger partial charge in [0.1, 0.15) is 11.5 Å². The lowest BCUT2D eigenvalue weighted by molar-refractivity contribution is -0.117. The minimum atomic E-state index is -0.511. The van der Waals surface area contributed by atoms with Crippen molar-refractivity contribution < 1.29 is 19.1 Å². The fourth-order valence-electron chi connectivity index (χ4n) is 2.31. The summed E-state index contributed by atoms with van der Waals surface area (Å²) in [5, 5.41) is 3.04. The number of nitrogens with one attached hydrogen (secondary N) is 1. The van der Waals surface area contributed by atoms with Crippen molar-refractivity contribution >= 4 is 47.7 Å². The monoisotopic (exact) mass is 409 g/mol. The largest absolute Gasteiger partial charge is 0.495 e. The molecule has 0 heterocycles. The van der Waals surface area contributed by atoms with Crippen molar-refractivity contribution in [1.82, 2.24) is 0 Å². The second kappa shape index (κ2) is 9.38. The first kappa shape index (κ1) is 20.7. The van der Waals surface area contributed by atoms with Gasteiger partial charge in [0, 0.05) is 6.07 Å². The highest BCUT2D eigenvalue weighted by molar-refractivity contribution is 7.82. The molecular weight excluding hydrogens is 390 g/mol. The minimum absolute atomic E-state index is 0.126. The Bertz CT molecular complexity index is 830. The maximum absolute atomic E-state index is 12.5. The molecule has 0 saturated heterocycles. The molecule has 7 nitrogen and oxygen atoms in total. The normalized spacial score (nSPS) is 10.2. The molecule has 0 aromatic heterocycles. The van der Waals surface area contributed by atoms with E-state index >= 15 is 0 Å². The highest BCUT2D eigenvalue weighted by Crippen LogP contribution is 2.36. The van der Waals surface area contributed by atoms with E-state index in [0.29, 0.717) is 34.5 Å². The molecule has 144 valence electrons. The zero-order valence-electron chi connectivity index (χ0n) is 14.9. The van der Waals surface area contributed by atoms with Crippen LogP contribution in [0.5, 0.6) is 11.5 Å². The Morgan fingerprint density at radius 2 is 1.89 bits per heavy atom. The third kappa shape index (κ3) is 5.45. The summed E-state index contributed by atoms with van der Waals surface area (Å²) in [4.78, 5) is 23.5. The van der Waals surface area contributed by atoms with Crippen molar-refractivity contribution in [3.63, 3.8) is 0 Å². The molecule has 0 aliphatic carbocycles. The topological polar surface area (TPSA) is 93.9 Å². The predicted octanol–water partition coefficient (Wildman–Crippen LogP) is 3.66. The maximum atomic E-state index is 12.5. The second-order valence-electron chi connectivity index (χ2n) is 5.47. The van der Waals surface area contributed by atoms with Crippen LogP contribution in [-0.4, -0.2) is 25.7 Å². The van der Waals surface area contributed by atoms with E-state index in [-0.39, 0.29) is 6.42 Å². The van der Waals surface area contributed by atoms with Gasteiger partial charge in [0.2, 0.25) is 5.91 Å². The molecule has 0 spiro atoms. The van der Waals surface area contributed by atoms with Crippen LogP contribution in [0.3, 0.4) is 0 Å². The fourth-order valence-corrected chi connectivity index (χ4v) is 2.73. The number of benzene rings is 2. The van der Waals surface area contributed by atoms with Crippen LogP contribution in [0.25, 0.3) is 0 Å². The molecule has 2 rings (SSSR count). The molecule has 0 fully saturated rings. The zero-order chi connectivity index (χ0) is 20.0. The summed E-state index contributed by atoms with van der Waals surface area (Å²) < 4.78 is 11.8. The van der Waals surface area contributed by atoms with E-state index in [0.717, 1.165) is 9.87 Å². The Morgan fingerprint density at radius 1 is 1.22 bits per heavy atom. The highest BCUT2D eigenvalue weighted by atomic mass is 35.5. The lowest BCUT2D eigenvalue weighted by atomic mass is 10.1. The minimum Gasteiger partial charge on any atom is -0.495 e. The third-order valence-electron chi connectivity index (χ3n) is 3.55. The summed E-state index contributed by atoms with van der Waals surface area (Å²) in [5.41, 5.74) is 6.81. The van der Waals surface area contributed by atoms with Gasteiger partial charge in [-0.25, -0.2) is 9.10 Å². The van der Waals surface area contributed by atoms with E-state index < -0.39 is 11.9 Å². The van der Waals surface area contributed by atoms with Gasteiger partial charge in [-0.15, -0.1) is 0 Å². The molecule has 0 radical (unpaired) electrons. The van der Waals surface area contributed by atoms with Crippen LogP contribution in [-0.2, 0) is 11.2 Å². The summed E-state index contributed by atoms with van der Waals surface area (Å²) in [6.45, 7) is 2.23. The molecule has 0 saturated carbocycles. The first-order valence-corrected chi connectivity index (χ1v) is 8.81. The molecule has 27 heavy (non-hydrogen) atoms. The number of ether oxygens (including phenoxy) is 2. The van der Waals surface area contributed by atoms with Crippen molar-refractivity contribution in [2.24, 2.45) is 5.73 Å². The first-order chi connectivity index (χ1) is 12.8. The highest BCUT2D eigenvalue weighted by Gasteiger charge is 2.17. The number of halogens is 1. The lowest BCUT2D eigenvalue weighted by Gasteiger charge is -2.19. The smallest absolute Gasteiger partial charge is 0.336 e. The fraction of sp³-hybridized carbons (Fsp3) is 0.222. The van der Waals surface area contributed by atoms with Gasteiger partial charge in [0.25, 0.3) is 0 Å². The Hall–Kier alpha value is -2.58. The number of amides is 3. The molecule has 0 aliphatic rings. The maximum Gasteiger partial charge on any atom is 0.336 e. The number of nitrogens with zero attached hydrogens (tertiary/aromatic N) is 1. The van der Waals surface area contributed by atoms with Crippen molar-refractivity contribution in [1.29, 1.82) is 0 Å². The quantitative estimate of drug-likeness (QED) is 0.608. The Balaban J connectivity index is 2.18. The number of hydrogen-bond donors (Lipinski definition) is 3. The number of carbonyl (C=O) groups excluding carboxylic acids is 2. The van der Waals surface area contributed by atoms with Crippen molar-refractivity contribution in [3.05, 3.63) is 47.0 Å². The molecule has 0 aliphatic heterocycles. The van der Waals surface area contributed by atoms with E-state index in [4.69, 9.17) is 26.8 Å². The van der Waals surface area contributed by atoms with E-state index in [1.165, 1.54) is 7.11 Å². The van der Waals surface area contributed by atoms with Gasteiger partial charge in [-0.3, -0.25) is 4.79 Å². The summed E-state index contributed by atoms with van der Waals surface area (Å²) in [5.74, 6) is 0.430. The standard InChI is InChI=1S/C18H20ClN3O4S/c1-3-26-16-10-15(25-2)13(19)9-14(16)21-18(24)22(27)12-6-4-11(5-7-12)8-17(20)23/h4-7,9-10,27H,3,8H2,1-2H3,(H2,20,23)(H,21,24). The van der Waals surface area contributed by atoms with Gasteiger partial charge >= 0.3 is 6.03 Å². The second-order valence-corrected chi connectivity index (χ2v) is 6.27. The van der Waals surface area contributed by atoms with Crippen LogP contribution in [0.4, 0.5) is 16.2 Å². The summed E-state index contributed by atoms with van der Waals surface area (Å²) in [6, 6.07) is 9.36. The molecule has 2 aromatic rings. The molecule has 0 unspecified atom stereocenters. The van der Waals surface area contributed by atoms with Crippen LogP contribution in [0.2, 0.25) is 5.02 Å². The third-order valence-corrected chi connectivity index (χ3v) is 4.26. The summed E-state index contributed by atoms with van der Waals surface area (Å²) in [7, 11) is 1.49. The average molecular weight is 410 g/mol.